The molecule has 5 rings (SSSR count). The van der Waals surface area contributed by atoms with E-state index in [1.54, 1.807) is 36.8 Å². The van der Waals surface area contributed by atoms with E-state index in [0.29, 0.717) is 35.8 Å². The van der Waals surface area contributed by atoms with Gasteiger partial charge in [-0.3, -0.25) is 14.2 Å². The van der Waals surface area contributed by atoms with Crippen molar-refractivity contribution in [2.75, 3.05) is 10.2 Å². The van der Waals surface area contributed by atoms with Crippen LogP contribution in [0.3, 0.4) is 0 Å². The SMILES string of the molecule is Cc1cc([C@@H](C)Nc2ccccc2C(=O)O)c2nc(N3Cc4ccncc4C3)c(C#N)c(=O)n2c1. The van der Waals surface area contributed by atoms with Crippen molar-refractivity contribution in [2.24, 2.45) is 0 Å². The standard InChI is InChI=1S/C26H22N6O3/c1-15-9-20(16(2)29-22-6-4-3-5-19(22)26(34)35)24-30-23(21(10-27)25(33)32(24)12-15)31-13-17-7-8-28-11-18(17)14-31/h3-9,11-12,16,29H,13-14H2,1-2H3,(H,34,35)/t16-/m1/s1. The van der Waals surface area contributed by atoms with Crippen LogP contribution in [0.15, 0.2) is 59.8 Å². The number of carbonyl (C=O) groups is 1. The van der Waals surface area contributed by atoms with Crippen molar-refractivity contribution >= 4 is 23.1 Å². The molecule has 0 fully saturated rings. The van der Waals surface area contributed by atoms with Gasteiger partial charge in [0.1, 0.15) is 11.7 Å². The van der Waals surface area contributed by atoms with Crippen LogP contribution in [0, 0.1) is 18.3 Å². The Hall–Kier alpha value is -4.71. The summed E-state index contributed by atoms with van der Waals surface area (Å²) in [5.41, 5.74) is 4.21. The molecule has 174 valence electrons. The van der Waals surface area contributed by atoms with Gasteiger partial charge in [-0.15, -0.1) is 0 Å². The van der Waals surface area contributed by atoms with Crippen molar-refractivity contribution in [2.45, 2.75) is 33.0 Å². The lowest BCUT2D eigenvalue weighted by Gasteiger charge is -2.22. The maximum absolute atomic E-state index is 13.4. The zero-order valence-electron chi connectivity index (χ0n) is 19.2. The van der Waals surface area contributed by atoms with E-state index in [9.17, 15) is 20.0 Å². The van der Waals surface area contributed by atoms with Crippen LogP contribution >= 0.6 is 0 Å². The highest BCUT2D eigenvalue weighted by molar-refractivity contribution is 5.94. The van der Waals surface area contributed by atoms with Gasteiger partial charge in [0.15, 0.2) is 11.4 Å². The van der Waals surface area contributed by atoms with Crippen LogP contribution in [0.25, 0.3) is 5.65 Å². The Bertz CT molecular complexity index is 1560. The first-order valence-electron chi connectivity index (χ1n) is 11.1. The fourth-order valence-corrected chi connectivity index (χ4v) is 4.52. The van der Waals surface area contributed by atoms with Gasteiger partial charge >= 0.3 is 5.97 Å². The van der Waals surface area contributed by atoms with Gasteiger partial charge in [0, 0.05) is 42.9 Å². The van der Waals surface area contributed by atoms with Gasteiger partial charge in [-0.1, -0.05) is 12.1 Å². The first kappa shape index (κ1) is 22.1. The number of rotatable bonds is 5. The van der Waals surface area contributed by atoms with Crippen LogP contribution in [0.5, 0.6) is 0 Å². The molecule has 1 aliphatic heterocycles. The molecule has 1 atom stereocenters. The van der Waals surface area contributed by atoms with Crippen molar-refractivity contribution in [3.8, 4) is 6.07 Å². The van der Waals surface area contributed by atoms with Crippen molar-refractivity contribution in [3.05, 3.63) is 98.7 Å². The van der Waals surface area contributed by atoms with E-state index in [1.165, 1.54) is 10.5 Å². The number of carboxylic acid groups (broad SMARTS) is 1. The molecule has 4 aromatic rings. The molecule has 35 heavy (non-hydrogen) atoms. The van der Waals surface area contributed by atoms with Crippen molar-refractivity contribution in [3.63, 3.8) is 0 Å². The van der Waals surface area contributed by atoms with Crippen LogP contribution < -0.4 is 15.8 Å². The van der Waals surface area contributed by atoms with E-state index >= 15 is 0 Å². The van der Waals surface area contributed by atoms with Gasteiger partial charge in [-0.25, -0.2) is 9.78 Å². The minimum absolute atomic E-state index is 0.0170. The minimum Gasteiger partial charge on any atom is -0.478 e. The summed E-state index contributed by atoms with van der Waals surface area (Å²) in [5, 5.41) is 22.7. The number of benzene rings is 1. The molecular formula is C26H22N6O3. The molecule has 1 aliphatic rings. The van der Waals surface area contributed by atoms with Crippen LogP contribution in [0.1, 0.15) is 51.1 Å². The Kier molecular flexibility index (Phi) is 5.41. The van der Waals surface area contributed by atoms with Crippen LogP contribution in [0.2, 0.25) is 0 Å². The van der Waals surface area contributed by atoms with E-state index < -0.39 is 11.5 Å². The molecular weight excluding hydrogens is 444 g/mol. The predicted molar refractivity (Wildman–Crippen MR) is 130 cm³/mol. The van der Waals surface area contributed by atoms with E-state index in [-0.39, 0.29) is 17.2 Å². The molecule has 0 unspecified atom stereocenters. The highest BCUT2D eigenvalue weighted by Crippen LogP contribution is 2.30. The summed E-state index contributed by atoms with van der Waals surface area (Å²) in [5.74, 6) is -0.704. The number of aryl methyl sites for hydroxylation is 1. The van der Waals surface area contributed by atoms with Crippen molar-refractivity contribution in [1.29, 1.82) is 5.26 Å². The Morgan fingerprint density at radius 1 is 1.23 bits per heavy atom. The second-order valence-corrected chi connectivity index (χ2v) is 8.61. The lowest BCUT2D eigenvalue weighted by Crippen LogP contribution is -2.27. The molecule has 0 spiro atoms. The van der Waals surface area contributed by atoms with E-state index in [1.807, 2.05) is 30.9 Å². The number of aromatic carboxylic acids is 1. The molecule has 2 N–H and O–H groups in total. The quantitative estimate of drug-likeness (QED) is 0.457. The van der Waals surface area contributed by atoms with Gasteiger partial charge < -0.3 is 15.3 Å². The third kappa shape index (κ3) is 3.85. The zero-order chi connectivity index (χ0) is 24.7. The zero-order valence-corrected chi connectivity index (χ0v) is 19.2. The van der Waals surface area contributed by atoms with Gasteiger partial charge in [-0.05, 0) is 54.8 Å². The molecule has 0 radical (unpaired) electrons. The molecule has 9 heteroatoms. The molecule has 0 aliphatic carbocycles. The molecule has 0 saturated carbocycles. The highest BCUT2D eigenvalue weighted by Gasteiger charge is 2.26. The lowest BCUT2D eigenvalue weighted by molar-refractivity contribution is 0.0698. The maximum atomic E-state index is 13.4. The molecule has 3 aromatic heterocycles. The largest absolute Gasteiger partial charge is 0.478 e. The van der Waals surface area contributed by atoms with Gasteiger partial charge in [0.2, 0.25) is 0 Å². The monoisotopic (exact) mass is 466 g/mol. The Balaban J connectivity index is 1.64. The summed E-state index contributed by atoms with van der Waals surface area (Å²) in [7, 11) is 0. The molecule has 9 nitrogen and oxygen atoms in total. The average molecular weight is 467 g/mol. The molecule has 0 saturated heterocycles. The number of anilines is 2. The number of nitriles is 1. The normalized spacial score (nSPS) is 13.3. The van der Waals surface area contributed by atoms with E-state index in [4.69, 9.17) is 4.98 Å². The number of nitrogens with one attached hydrogen (secondary N) is 1. The summed E-state index contributed by atoms with van der Waals surface area (Å²) < 4.78 is 1.40. The van der Waals surface area contributed by atoms with Crippen molar-refractivity contribution in [1.82, 2.24) is 14.4 Å². The van der Waals surface area contributed by atoms with E-state index in [2.05, 4.69) is 16.4 Å². The molecule has 4 heterocycles. The number of aromatic nitrogens is 3. The number of hydrogen-bond donors (Lipinski definition) is 2. The summed E-state index contributed by atoms with van der Waals surface area (Å²) >= 11 is 0. The van der Waals surface area contributed by atoms with Crippen LogP contribution in [-0.4, -0.2) is 25.4 Å². The van der Waals surface area contributed by atoms with Gasteiger partial charge in [0.25, 0.3) is 5.56 Å². The molecule has 0 amide bonds. The summed E-state index contributed by atoms with van der Waals surface area (Å²) in [6.07, 6.45) is 5.18. The maximum Gasteiger partial charge on any atom is 0.337 e. The number of carboxylic acids is 1. The Morgan fingerprint density at radius 3 is 2.74 bits per heavy atom. The van der Waals surface area contributed by atoms with Crippen LogP contribution in [0.4, 0.5) is 11.5 Å². The molecule has 0 bridgehead atoms. The predicted octanol–water partition coefficient (Wildman–Crippen LogP) is 3.66. The first-order valence-corrected chi connectivity index (χ1v) is 11.1. The molecule has 1 aromatic carbocycles. The van der Waals surface area contributed by atoms with Crippen molar-refractivity contribution < 1.29 is 9.90 Å². The topological polar surface area (TPSA) is 124 Å². The highest BCUT2D eigenvalue weighted by atomic mass is 16.4. The fourth-order valence-electron chi connectivity index (χ4n) is 4.52. The average Bonchev–Trinajstić information content (AvgIpc) is 3.28. The van der Waals surface area contributed by atoms with E-state index in [0.717, 1.165) is 16.7 Å². The number of fused-ring (bicyclic) bond motifs is 2. The number of hydrogen-bond acceptors (Lipinski definition) is 7. The smallest absolute Gasteiger partial charge is 0.337 e. The minimum atomic E-state index is -1.03. The van der Waals surface area contributed by atoms with Gasteiger partial charge in [-0.2, -0.15) is 5.26 Å². The Morgan fingerprint density at radius 2 is 2.00 bits per heavy atom. The number of para-hydroxylation sites is 1. The summed E-state index contributed by atoms with van der Waals surface area (Å²) in [4.78, 5) is 36.0. The number of pyridine rings is 2. The lowest BCUT2D eigenvalue weighted by atomic mass is 10.1. The van der Waals surface area contributed by atoms with Crippen LogP contribution in [-0.2, 0) is 13.1 Å². The second kappa shape index (κ2) is 8.57. The third-order valence-corrected chi connectivity index (χ3v) is 6.20. The summed E-state index contributed by atoms with van der Waals surface area (Å²) in [6, 6.07) is 12.2. The second-order valence-electron chi connectivity index (χ2n) is 8.61. The summed E-state index contributed by atoms with van der Waals surface area (Å²) in [6.45, 7) is 4.77. The third-order valence-electron chi connectivity index (χ3n) is 6.20. The number of nitrogens with zero attached hydrogens (tertiary/aromatic N) is 5. The van der Waals surface area contributed by atoms with Gasteiger partial charge in [0.05, 0.1) is 11.6 Å². The first-order chi connectivity index (χ1) is 16.9. The Labute approximate surface area is 200 Å². The fraction of sp³-hybridized carbons (Fsp3) is 0.192.